The van der Waals surface area contributed by atoms with Crippen LogP contribution in [-0.4, -0.2) is 72.2 Å². The van der Waals surface area contributed by atoms with E-state index in [0.29, 0.717) is 13.0 Å². The normalized spacial score (nSPS) is 27.8. The lowest BCUT2D eigenvalue weighted by molar-refractivity contribution is -0.108. The van der Waals surface area contributed by atoms with E-state index in [4.69, 9.17) is 0 Å². The Morgan fingerprint density at radius 2 is 1.64 bits per heavy atom. The van der Waals surface area contributed by atoms with E-state index in [9.17, 15) is 9.50 Å². The van der Waals surface area contributed by atoms with E-state index in [1.54, 1.807) is 6.07 Å². The zero-order valence-corrected chi connectivity index (χ0v) is 16.6. The molecule has 0 unspecified atom stereocenters. The predicted molar refractivity (Wildman–Crippen MR) is 109 cm³/mol. The molecule has 2 saturated heterocycles. The third-order valence-electron chi connectivity index (χ3n) is 6.40. The van der Waals surface area contributed by atoms with Gasteiger partial charge in [0.1, 0.15) is 11.4 Å². The number of rotatable bonds is 4. The van der Waals surface area contributed by atoms with Gasteiger partial charge in [0.2, 0.25) is 0 Å². The van der Waals surface area contributed by atoms with Crippen LogP contribution >= 0.6 is 0 Å². The number of benzene rings is 2. The molecule has 5 heteroatoms. The van der Waals surface area contributed by atoms with E-state index in [0.717, 1.165) is 50.4 Å². The van der Waals surface area contributed by atoms with Gasteiger partial charge in [-0.25, -0.2) is 4.39 Å². The summed E-state index contributed by atoms with van der Waals surface area (Å²) < 4.78 is 14.2. The van der Waals surface area contributed by atoms with Gasteiger partial charge in [0.15, 0.2) is 0 Å². The Morgan fingerprint density at radius 1 is 0.964 bits per heavy atom. The van der Waals surface area contributed by atoms with Crippen molar-refractivity contribution in [2.75, 3.05) is 46.3 Å². The van der Waals surface area contributed by atoms with Crippen LogP contribution in [0.2, 0.25) is 0 Å². The molecule has 0 saturated carbocycles. The molecule has 0 radical (unpaired) electrons. The van der Waals surface area contributed by atoms with E-state index in [1.807, 2.05) is 42.5 Å². The number of hydrogen-bond acceptors (Lipinski definition) is 4. The Bertz CT molecular complexity index is 778. The summed E-state index contributed by atoms with van der Waals surface area (Å²) in [7, 11) is 2.14. The van der Waals surface area contributed by atoms with Crippen LogP contribution in [0.5, 0.6) is 0 Å². The van der Waals surface area contributed by atoms with Gasteiger partial charge in [0, 0.05) is 51.4 Å². The minimum absolute atomic E-state index is 0.00382. The van der Waals surface area contributed by atoms with Crippen LogP contribution in [0.25, 0.3) is 0 Å². The molecular weight excluding hydrogens is 353 g/mol. The Balaban J connectivity index is 1.58. The second kappa shape index (κ2) is 8.29. The van der Waals surface area contributed by atoms with Crippen LogP contribution in [0, 0.1) is 5.82 Å². The standard InChI is InChI=1S/C23H30FN3O/c1-25-13-15-27(16-14-25)22-18-26(17-19-7-5-6-10-21(19)24)12-11-23(22,28)20-8-3-2-4-9-20/h2-10,22,28H,11-18H2,1H3/t22-,23+/m1/s1. The summed E-state index contributed by atoms with van der Waals surface area (Å²) in [5.74, 6) is -0.150. The fourth-order valence-corrected chi connectivity index (χ4v) is 4.61. The summed E-state index contributed by atoms with van der Waals surface area (Å²) in [6.07, 6.45) is 0.655. The van der Waals surface area contributed by atoms with Crippen molar-refractivity contribution >= 4 is 0 Å². The van der Waals surface area contributed by atoms with E-state index in [1.165, 1.54) is 6.07 Å². The zero-order chi connectivity index (χ0) is 19.6. The van der Waals surface area contributed by atoms with Crippen molar-refractivity contribution in [3.05, 3.63) is 71.5 Å². The summed E-state index contributed by atoms with van der Waals surface area (Å²) in [5.41, 5.74) is 0.845. The van der Waals surface area contributed by atoms with Crippen molar-refractivity contribution in [2.24, 2.45) is 0 Å². The lowest BCUT2D eigenvalue weighted by Gasteiger charge is -2.51. The van der Waals surface area contributed by atoms with E-state index < -0.39 is 5.60 Å². The third kappa shape index (κ3) is 3.98. The molecule has 0 aromatic heterocycles. The van der Waals surface area contributed by atoms with Gasteiger partial charge in [-0.05, 0) is 25.1 Å². The van der Waals surface area contributed by atoms with Gasteiger partial charge < -0.3 is 10.0 Å². The second-order valence-electron chi connectivity index (χ2n) is 8.22. The van der Waals surface area contributed by atoms with Crippen LogP contribution < -0.4 is 0 Å². The molecule has 0 spiro atoms. The number of hydrogen-bond donors (Lipinski definition) is 1. The number of aliphatic hydroxyl groups is 1. The Kier molecular flexibility index (Phi) is 5.78. The largest absolute Gasteiger partial charge is 0.383 e. The van der Waals surface area contributed by atoms with Gasteiger partial charge in [-0.1, -0.05) is 48.5 Å². The molecule has 0 bridgehead atoms. The molecule has 150 valence electrons. The first-order valence-electron chi connectivity index (χ1n) is 10.2. The summed E-state index contributed by atoms with van der Waals surface area (Å²) in [4.78, 5) is 7.05. The Hall–Kier alpha value is -1.79. The molecule has 4 nitrogen and oxygen atoms in total. The van der Waals surface area contributed by atoms with Crippen molar-refractivity contribution < 1.29 is 9.50 Å². The molecule has 2 heterocycles. The lowest BCUT2D eigenvalue weighted by atomic mass is 9.79. The van der Waals surface area contributed by atoms with Crippen LogP contribution in [0.15, 0.2) is 54.6 Å². The minimum Gasteiger partial charge on any atom is -0.383 e. The number of likely N-dealkylation sites (tertiary alicyclic amines) is 1. The van der Waals surface area contributed by atoms with Crippen LogP contribution in [-0.2, 0) is 12.1 Å². The molecule has 0 aliphatic carbocycles. The fraction of sp³-hybridized carbons (Fsp3) is 0.478. The number of piperazine rings is 1. The maximum atomic E-state index is 14.2. The molecule has 2 fully saturated rings. The third-order valence-corrected chi connectivity index (χ3v) is 6.40. The first-order chi connectivity index (χ1) is 13.6. The van der Waals surface area contributed by atoms with Crippen molar-refractivity contribution in [3.8, 4) is 0 Å². The summed E-state index contributed by atoms with van der Waals surface area (Å²) in [6.45, 7) is 5.99. The lowest BCUT2D eigenvalue weighted by Crippen LogP contribution is -2.63. The predicted octanol–water partition coefficient (Wildman–Crippen LogP) is 2.54. The quantitative estimate of drug-likeness (QED) is 0.879. The summed E-state index contributed by atoms with van der Waals surface area (Å²) in [5, 5.41) is 11.8. The van der Waals surface area contributed by atoms with Gasteiger partial charge in [-0.2, -0.15) is 0 Å². The molecule has 28 heavy (non-hydrogen) atoms. The van der Waals surface area contributed by atoms with Gasteiger partial charge in [-0.3, -0.25) is 9.80 Å². The average molecular weight is 384 g/mol. The highest BCUT2D eigenvalue weighted by Crippen LogP contribution is 2.37. The molecule has 2 aromatic rings. The van der Waals surface area contributed by atoms with Gasteiger partial charge >= 0.3 is 0 Å². The number of halogens is 1. The maximum Gasteiger partial charge on any atom is 0.127 e. The smallest absolute Gasteiger partial charge is 0.127 e. The maximum absolute atomic E-state index is 14.2. The number of likely N-dealkylation sites (N-methyl/N-ethyl adjacent to an activating group) is 1. The van der Waals surface area contributed by atoms with Crippen molar-refractivity contribution in [3.63, 3.8) is 0 Å². The highest BCUT2D eigenvalue weighted by Gasteiger charge is 2.46. The van der Waals surface area contributed by atoms with E-state index in [2.05, 4.69) is 21.7 Å². The molecule has 0 amide bonds. The number of piperidine rings is 1. The van der Waals surface area contributed by atoms with E-state index >= 15 is 0 Å². The second-order valence-corrected chi connectivity index (χ2v) is 8.22. The molecule has 2 aromatic carbocycles. The molecular formula is C23H30FN3O. The van der Waals surface area contributed by atoms with Gasteiger partial charge in [0.25, 0.3) is 0 Å². The highest BCUT2D eigenvalue weighted by molar-refractivity contribution is 5.26. The topological polar surface area (TPSA) is 30.0 Å². The van der Waals surface area contributed by atoms with Crippen LogP contribution in [0.1, 0.15) is 17.5 Å². The molecule has 4 rings (SSSR count). The van der Waals surface area contributed by atoms with E-state index in [-0.39, 0.29) is 11.9 Å². The van der Waals surface area contributed by atoms with Gasteiger partial charge in [0.05, 0.1) is 6.04 Å². The van der Waals surface area contributed by atoms with Crippen molar-refractivity contribution in [1.82, 2.24) is 14.7 Å². The highest BCUT2D eigenvalue weighted by atomic mass is 19.1. The summed E-state index contributed by atoms with van der Waals surface area (Å²) >= 11 is 0. The Labute approximate surface area is 167 Å². The average Bonchev–Trinajstić information content (AvgIpc) is 2.72. The minimum atomic E-state index is -0.872. The first kappa shape index (κ1) is 19.5. The molecule has 1 N–H and O–H groups in total. The van der Waals surface area contributed by atoms with Crippen LogP contribution in [0.3, 0.4) is 0 Å². The molecule has 2 aliphatic heterocycles. The van der Waals surface area contributed by atoms with Crippen LogP contribution in [0.4, 0.5) is 4.39 Å². The molecule has 2 atom stereocenters. The molecule has 2 aliphatic rings. The summed E-state index contributed by atoms with van der Waals surface area (Å²) in [6, 6.07) is 17.1. The SMILES string of the molecule is CN1CCN([C@@H]2CN(Cc3ccccc3F)CC[C@]2(O)c2ccccc2)CC1. The first-order valence-corrected chi connectivity index (χ1v) is 10.2. The number of nitrogens with zero attached hydrogens (tertiary/aromatic N) is 3. The monoisotopic (exact) mass is 383 g/mol. The zero-order valence-electron chi connectivity index (χ0n) is 16.6. The van der Waals surface area contributed by atoms with Gasteiger partial charge in [-0.15, -0.1) is 0 Å². The van der Waals surface area contributed by atoms with Crippen molar-refractivity contribution in [2.45, 2.75) is 24.6 Å². The van der Waals surface area contributed by atoms with Crippen molar-refractivity contribution in [1.29, 1.82) is 0 Å². The fourth-order valence-electron chi connectivity index (χ4n) is 4.61. The Morgan fingerprint density at radius 3 is 2.36 bits per heavy atom.